The molecule has 0 spiro atoms. The second-order valence-electron chi connectivity index (χ2n) is 7.44. The Morgan fingerprint density at radius 1 is 0.960 bits per heavy atom. The summed E-state index contributed by atoms with van der Waals surface area (Å²) in [6.07, 6.45) is 0. The number of fused-ring (bicyclic) bond motifs is 1. The average Bonchev–Trinajstić information content (AvgIpc) is 2.52. The lowest BCUT2D eigenvalue weighted by molar-refractivity contribution is -0.134. The summed E-state index contributed by atoms with van der Waals surface area (Å²) in [4.78, 5) is 27.7. The smallest absolute Gasteiger partial charge is 0.242 e. The summed E-state index contributed by atoms with van der Waals surface area (Å²) in [5.41, 5.74) is 0.669. The third-order valence-electron chi connectivity index (χ3n) is 3.87. The summed E-state index contributed by atoms with van der Waals surface area (Å²) in [5.74, 6) is -0.253. The first-order valence-electron chi connectivity index (χ1n) is 8.40. The Hall–Kier alpha value is -2.56. The molecule has 134 valence electrons. The molecule has 5 heteroatoms. The summed E-state index contributed by atoms with van der Waals surface area (Å²) < 4.78 is 0. The van der Waals surface area contributed by atoms with Gasteiger partial charge in [0.1, 0.15) is 0 Å². The van der Waals surface area contributed by atoms with Gasteiger partial charge in [-0.1, -0.05) is 30.3 Å². The number of hydrogen-bond donors (Lipinski definition) is 1. The van der Waals surface area contributed by atoms with E-state index >= 15 is 0 Å². The van der Waals surface area contributed by atoms with Gasteiger partial charge in [0.05, 0.1) is 13.1 Å². The van der Waals surface area contributed by atoms with Crippen LogP contribution in [0, 0.1) is 0 Å². The molecule has 0 unspecified atom stereocenters. The van der Waals surface area contributed by atoms with Crippen LogP contribution in [0.1, 0.15) is 20.8 Å². The van der Waals surface area contributed by atoms with Gasteiger partial charge >= 0.3 is 0 Å². The monoisotopic (exact) mass is 341 g/mol. The first-order valence-corrected chi connectivity index (χ1v) is 8.40. The molecule has 2 amide bonds. The summed E-state index contributed by atoms with van der Waals surface area (Å²) in [5, 5.41) is 5.17. The zero-order valence-corrected chi connectivity index (χ0v) is 15.7. The summed E-state index contributed by atoms with van der Waals surface area (Å²) in [7, 11) is 3.53. The summed E-state index contributed by atoms with van der Waals surface area (Å²) >= 11 is 0. The van der Waals surface area contributed by atoms with Gasteiger partial charge in [-0.25, -0.2) is 0 Å². The highest BCUT2D eigenvalue weighted by molar-refractivity contribution is 5.89. The van der Waals surface area contributed by atoms with Gasteiger partial charge in [0.25, 0.3) is 0 Å². The molecule has 2 aromatic carbocycles. The molecular weight excluding hydrogens is 314 g/mol. The number of benzene rings is 2. The molecule has 0 saturated carbocycles. The van der Waals surface area contributed by atoms with Crippen molar-refractivity contribution in [3.63, 3.8) is 0 Å². The van der Waals surface area contributed by atoms with Gasteiger partial charge in [-0.15, -0.1) is 0 Å². The van der Waals surface area contributed by atoms with Crippen LogP contribution in [0.2, 0.25) is 0 Å². The van der Waals surface area contributed by atoms with Crippen LogP contribution in [-0.2, 0) is 9.59 Å². The van der Waals surface area contributed by atoms with Crippen LogP contribution in [0.3, 0.4) is 0 Å². The first-order chi connectivity index (χ1) is 11.7. The molecule has 0 aromatic heterocycles. The second kappa shape index (κ2) is 7.55. The lowest BCUT2D eigenvalue weighted by Crippen LogP contribution is -2.47. The van der Waals surface area contributed by atoms with E-state index < -0.39 is 0 Å². The molecule has 2 rings (SSSR count). The largest absolute Gasteiger partial charge is 0.365 e. The van der Waals surface area contributed by atoms with Crippen molar-refractivity contribution in [1.82, 2.24) is 10.2 Å². The molecule has 0 heterocycles. The fourth-order valence-corrected chi connectivity index (χ4v) is 2.59. The highest BCUT2D eigenvalue weighted by Gasteiger charge is 2.18. The Morgan fingerprint density at radius 3 is 2.24 bits per heavy atom. The molecule has 0 aliphatic heterocycles. The standard InChI is InChI=1S/C20H27N3O2/c1-20(2,3)21-18(24)13-23(5)19(25)14-22(4)17-11-10-15-8-6-7-9-16(15)12-17/h6-12H,13-14H2,1-5H3,(H,21,24). The second-order valence-corrected chi connectivity index (χ2v) is 7.44. The Balaban J connectivity index is 1.97. The maximum atomic E-state index is 12.4. The van der Waals surface area contributed by atoms with E-state index in [1.807, 2.05) is 57.0 Å². The number of nitrogens with one attached hydrogen (secondary N) is 1. The number of likely N-dealkylation sites (N-methyl/N-ethyl adjacent to an activating group) is 2. The van der Waals surface area contributed by atoms with Gasteiger partial charge in [0.15, 0.2) is 0 Å². The predicted octanol–water partition coefficient (Wildman–Crippen LogP) is 2.65. The maximum absolute atomic E-state index is 12.4. The molecule has 0 aliphatic carbocycles. The zero-order valence-electron chi connectivity index (χ0n) is 15.7. The van der Waals surface area contributed by atoms with Crippen molar-refractivity contribution in [1.29, 1.82) is 0 Å². The van der Waals surface area contributed by atoms with E-state index in [4.69, 9.17) is 0 Å². The minimum atomic E-state index is -0.303. The Kier molecular flexibility index (Phi) is 5.67. The van der Waals surface area contributed by atoms with Gasteiger partial charge < -0.3 is 15.1 Å². The van der Waals surface area contributed by atoms with Gasteiger partial charge in [0, 0.05) is 25.3 Å². The Bertz CT molecular complexity index is 765. The van der Waals surface area contributed by atoms with E-state index in [1.165, 1.54) is 10.3 Å². The van der Waals surface area contributed by atoms with Crippen LogP contribution in [0.5, 0.6) is 0 Å². The number of carbonyl (C=O) groups excluding carboxylic acids is 2. The number of anilines is 1. The molecule has 2 aromatic rings. The molecule has 5 nitrogen and oxygen atoms in total. The molecule has 0 fully saturated rings. The zero-order chi connectivity index (χ0) is 18.6. The van der Waals surface area contributed by atoms with Crippen molar-refractivity contribution in [3.8, 4) is 0 Å². The lowest BCUT2D eigenvalue weighted by atomic mass is 10.1. The molecular formula is C20H27N3O2. The number of carbonyl (C=O) groups is 2. The highest BCUT2D eigenvalue weighted by Crippen LogP contribution is 2.21. The normalized spacial score (nSPS) is 11.2. The van der Waals surface area contributed by atoms with Crippen molar-refractivity contribution in [3.05, 3.63) is 42.5 Å². The third-order valence-corrected chi connectivity index (χ3v) is 3.87. The van der Waals surface area contributed by atoms with Crippen LogP contribution in [0.4, 0.5) is 5.69 Å². The molecule has 1 N–H and O–H groups in total. The van der Waals surface area contributed by atoms with Crippen LogP contribution in [0.25, 0.3) is 10.8 Å². The van der Waals surface area contributed by atoms with Crippen LogP contribution < -0.4 is 10.2 Å². The van der Waals surface area contributed by atoms with Crippen molar-refractivity contribution >= 4 is 28.3 Å². The maximum Gasteiger partial charge on any atom is 0.242 e. The lowest BCUT2D eigenvalue weighted by Gasteiger charge is -2.25. The Morgan fingerprint density at radius 2 is 1.60 bits per heavy atom. The van der Waals surface area contributed by atoms with E-state index in [2.05, 4.69) is 23.5 Å². The van der Waals surface area contributed by atoms with Crippen molar-refractivity contribution in [2.75, 3.05) is 32.1 Å². The molecule has 0 aliphatic rings. The van der Waals surface area contributed by atoms with E-state index in [0.29, 0.717) is 0 Å². The SMILES string of the molecule is CN(CC(=O)NC(C)(C)C)C(=O)CN(C)c1ccc2ccccc2c1. The van der Waals surface area contributed by atoms with E-state index in [0.717, 1.165) is 11.1 Å². The molecule has 0 atom stereocenters. The number of amides is 2. The predicted molar refractivity (Wildman–Crippen MR) is 103 cm³/mol. The topological polar surface area (TPSA) is 52.7 Å². The van der Waals surface area contributed by atoms with Crippen molar-refractivity contribution in [2.45, 2.75) is 26.3 Å². The number of hydrogen-bond acceptors (Lipinski definition) is 3. The van der Waals surface area contributed by atoms with E-state index in [9.17, 15) is 9.59 Å². The number of nitrogens with zero attached hydrogens (tertiary/aromatic N) is 2. The van der Waals surface area contributed by atoms with Crippen molar-refractivity contribution in [2.24, 2.45) is 0 Å². The molecule has 0 saturated heterocycles. The highest BCUT2D eigenvalue weighted by atomic mass is 16.2. The van der Waals surface area contributed by atoms with Gasteiger partial charge in [-0.3, -0.25) is 9.59 Å². The number of rotatable bonds is 5. The quantitative estimate of drug-likeness (QED) is 0.910. The average molecular weight is 341 g/mol. The van der Waals surface area contributed by atoms with E-state index in [-0.39, 0.29) is 30.4 Å². The van der Waals surface area contributed by atoms with Gasteiger partial charge in [0.2, 0.25) is 11.8 Å². The minimum Gasteiger partial charge on any atom is -0.365 e. The van der Waals surface area contributed by atoms with Crippen LogP contribution in [0.15, 0.2) is 42.5 Å². The Labute approximate surface area is 149 Å². The van der Waals surface area contributed by atoms with Crippen molar-refractivity contribution < 1.29 is 9.59 Å². The minimum absolute atomic E-state index is 0.0572. The summed E-state index contributed by atoms with van der Waals surface area (Å²) in [6, 6.07) is 14.2. The van der Waals surface area contributed by atoms with Gasteiger partial charge in [-0.2, -0.15) is 0 Å². The molecule has 0 radical (unpaired) electrons. The fraction of sp³-hybridized carbons (Fsp3) is 0.400. The van der Waals surface area contributed by atoms with Crippen LogP contribution >= 0.6 is 0 Å². The van der Waals surface area contributed by atoms with E-state index in [1.54, 1.807) is 7.05 Å². The molecule has 0 bridgehead atoms. The molecule has 25 heavy (non-hydrogen) atoms. The van der Waals surface area contributed by atoms with Gasteiger partial charge in [-0.05, 0) is 43.7 Å². The third kappa shape index (κ3) is 5.48. The summed E-state index contributed by atoms with van der Waals surface area (Å²) in [6.45, 7) is 6.03. The fourth-order valence-electron chi connectivity index (χ4n) is 2.59. The van der Waals surface area contributed by atoms with Crippen LogP contribution in [-0.4, -0.2) is 49.4 Å². The first kappa shape index (κ1) is 18.8.